The molecule has 1 fully saturated rings. The van der Waals surface area contributed by atoms with Crippen molar-refractivity contribution in [2.75, 3.05) is 25.5 Å². The minimum atomic E-state index is 0.103. The molecular formula is C29H37ClN4O4. The van der Waals surface area contributed by atoms with Crippen LogP contribution in [0.2, 0.25) is 5.15 Å². The number of nitrogens with one attached hydrogen (secondary N) is 1. The molecule has 4 rings (SSSR count). The van der Waals surface area contributed by atoms with E-state index in [1.54, 1.807) is 7.11 Å². The first kappa shape index (κ1) is 27.8. The summed E-state index contributed by atoms with van der Waals surface area (Å²) in [6.45, 7) is 10.8. The Bertz CT molecular complexity index is 1170. The molecule has 3 aromatic rings. The van der Waals surface area contributed by atoms with E-state index in [2.05, 4.69) is 32.3 Å². The lowest BCUT2D eigenvalue weighted by Gasteiger charge is -2.33. The predicted octanol–water partition coefficient (Wildman–Crippen LogP) is 6.58. The Morgan fingerprint density at radius 3 is 2.18 bits per heavy atom. The maximum absolute atomic E-state index is 6.41. The zero-order valence-electron chi connectivity index (χ0n) is 22.7. The Balaban J connectivity index is 1.40. The normalized spacial score (nSPS) is 14.5. The van der Waals surface area contributed by atoms with Crippen molar-refractivity contribution in [2.24, 2.45) is 0 Å². The molecule has 1 aromatic heterocycles. The third-order valence-electron chi connectivity index (χ3n) is 6.06. The van der Waals surface area contributed by atoms with Crippen molar-refractivity contribution < 1.29 is 18.9 Å². The fraction of sp³-hybridized carbons (Fsp3) is 0.448. The first-order valence-electron chi connectivity index (χ1n) is 13.1. The lowest BCUT2D eigenvalue weighted by Crippen LogP contribution is -2.38. The van der Waals surface area contributed by atoms with Crippen LogP contribution in [0.15, 0.2) is 48.8 Å². The van der Waals surface area contributed by atoms with Crippen molar-refractivity contribution in [1.29, 1.82) is 0 Å². The van der Waals surface area contributed by atoms with Crippen LogP contribution in [-0.2, 0) is 6.54 Å². The van der Waals surface area contributed by atoms with E-state index in [0.29, 0.717) is 23.1 Å². The van der Waals surface area contributed by atoms with Gasteiger partial charge in [-0.2, -0.15) is 0 Å². The number of anilines is 1. The number of hydrogen-bond acceptors (Lipinski definition) is 8. The van der Waals surface area contributed by atoms with Gasteiger partial charge in [0.25, 0.3) is 0 Å². The fourth-order valence-electron chi connectivity index (χ4n) is 4.45. The molecule has 38 heavy (non-hydrogen) atoms. The van der Waals surface area contributed by atoms with Gasteiger partial charge in [-0.1, -0.05) is 23.7 Å². The van der Waals surface area contributed by atoms with Crippen LogP contribution in [-0.4, -0.2) is 53.3 Å². The van der Waals surface area contributed by atoms with Gasteiger partial charge in [-0.15, -0.1) is 0 Å². The Kier molecular flexibility index (Phi) is 9.53. The van der Waals surface area contributed by atoms with Crippen LogP contribution in [0.4, 0.5) is 5.82 Å². The van der Waals surface area contributed by atoms with E-state index in [9.17, 15) is 0 Å². The fourth-order valence-corrected chi connectivity index (χ4v) is 4.62. The molecule has 1 saturated heterocycles. The number of likely N-dealkylation sites (tertiary alicyclic amines) is 1. The number of rotatable bonds is 11. The number of para-hydroxylation sites is 2. The first-order chi connectivity index (χ1) is 18.3. The average Bonchev–Trinajstić information content (AvgIpc) is 2.86. The summed E-state index contributed by atoms with van der Waals surface area (Å²) in [4.78, 5) is 11.0. The molecule has 0 aliphatic carbocycles. The second-order valence-electron chi connectivity index (χ2n) is 9.94. The molecule has 0 saturated carbocycles. The van der Waals surface area contributed by atoms with Gasteiger partial charge in [0.15, 0.2) is 22.5 Å². The number of piperidine rings is 1. The highest BCUT2D eigenvalue weighted by atomic mass is 35.5. The number of benzene rings is 2. The highest BCUT2D eigenvalue weighted by Gasteiger charge is 2.23. The highest BCUT2D eigenvalue weighted by Crippen LogP contribution is 2.38. The van der Waals surface area contributed by atoms with E-state index in [1.165, 1.54) is 11.9 Å². The molecule has 204 valence electrons. The molecule has 1 aliphatic heterocycles. The molecule has 0 atom stereocenters. The summed E-state index contributed by atoms with van der Waals surface area (Å²) < 4.78 is 23.5. The highest BCUT2D eigenvalue weighted by molar-refractivity contribution is 6.31. The van der Waals surface area contributed by atoms with Gasteiger partial charge in [-0.3, -0.25) is 4.90 Å². The molecule has 2 heterocycles. The van der Waals surface area contributed by atoms with Crippen LogP contribution in [0.5, 0.6) is 28.7 Å². The van der Waals surface area contributed by atoms with Crippen LogP contribution < -0.4 is 24.3 Å². The molecule has 0 unspecified atom stereocenters. The predicted molar refractivity (Wildman–Crippen MR) is 150 cm³/mol. The molecule has 0 bridgehead atoms. The van der Waals surface area contributed by atoms with Crippen LogP contribution in [0.25, 0.3) is 0 Å². The van der Waals surface area contributed by atoms with Gasteiger partial charge in [0.2, 0.25) is 5.75 Å². The van der Waals surface area contributed by atoms with Crippen LogP contribution >= 0.6 is 11.6 Å². The topological polar surface area (TPSA) is 78.0 Å². The quantitative estimate of drug-likeness (QED) is 0.273. The van der Waals surface area contributed by atoms with Crippen molar-refractivity contribution in [1.82, 2.24) is 14.9 Å². The van der Waals surface area contributed by atoms with Gasteiger partial charge in [0.05, 0.1) is 19.3 Å². The summed E-state index contributed by atoms with van der Waals surface area (Å²) in [6.07, 6.45) is 3.55. The Hall–Kier alpha value is -3.23. The lowest BCUT2D eigenvalue weighted by molar-refractivity contribution is 0.207. The largest absolute Gasteiger partial charge is 0.493 e. The van der Waals surface area contributed by atoms with E-state index < -0.39 is 0 Å². The SMILES string of the molecule is COc1ccccc1Oc1c(Cl)ncnc1NC1CCN(Cc2cc(OC(C)C)cc(OC(C)C)c2)CC1. The van der Waals surface area contributed by atoms with Gasteiger partial charge in [-0.05, 0) is 70.4 Å². The number of hydrogen-bond donors (Lipinski definition) is 1. The van der Waals surface area contributed by atoms with Crippen molar-refractivity contribution >= 4 is 17.4 Å². The van der Waals surface area contributed by atoms with Gasteiger partial charge < -0.3 is 24.3 Å². The third-order valence-corrected chi connectivity index (χ3v) is 6.33. The summed E-state index contributed by atoms with van der Waals surface area (Å²) in [5.41, 5.74) is 1.18. The average molecular weight is 541 g/mol. The minimum absolute atomic E-state index is 0.103. The Morgan fingerprint density at radius 1 is 0.947 bits per heavy atom. The molecule has 0 spiro atoms. The zero-order valence-corrected chi connectivity index (χ0v) is 23.5. The first-order valence-corrected chi connectivity index (χ1v) is 13.5. The van der Waals surface area contributed by atoms with E-state index in [4.69, 9.17) is 30.5 Å². The third kappa shape index (κ3) is 7.65. The minimum Gasteiger partial charge on any atom is -0.493 e. The Morgan fingerprint density at radius 2 is 1.58 bits per heavy atom. The number of halogens is 1. The van der Waals surface area contributed by atoms with Gasteiger partial charge >= 0.3 is 0 Å². The monoisotopic (exact) mass is 540 g/mol. The number of aromatic nitrogens is 2. The maximum atomic E-state index is 6.41. The maximum Gasteiger partial charge on any atom is 0.207 e. The molecule has 1 N–H and O–H groups in total. The summed E-state index contributed by atoms with van der Waals surface area (Å²) in [5, 5.41) is 3.77. The zero-order chi connectivity index (χ0) is 27.1. The number of nitrogens with zero attached hydrogens (tertiary/aromatic N) is 3. The van der Waals surface area contributed by atoms with Crippen molar-refractivity contribution in [2.45, 2.75) is 65.3 Å². The molecule has 2 aromatic carbocycles. The molecule has 8 nitrogen and oxygen atoms in total. The van der Waals surface area contributed by atoms with Crippen molar-refractivity contribution in [3.05, 3.63) is 59.5 Å². The van der Waals surface area contributed by atoms with Crippen LogP contribution in [0, 0.1) is 0 Å². The van der Waals surface area contributed by atoms with Gasteiger partial charge in [0, 0.05) is 31.7 Å². The molecule has 0 amide bonds. The van der Waals surface area contributed by atoms with E-state index >= 15 is 0 Å². The molecular weight excluding hydrogens is 504 g/mol. The standard InChI is InChI=1S/C29H37ClN4O4/c1-19(2)36-23-14-21(15-24(16-23)37-20(3)4)17-34-12-10-22(11-13-34)33-29-27(28(30)31-18-32-29)38-26-9-7-6-8-25(26)35-5/h6-9,14-16,18-20,22H,10-13,17H2,1-5H3,(H,31,32,33). The second-order valence-corrected chi connectivity index (χ2v) is 10.3. The van der Waals surface area contributed by atoms with E-state index in [1.807, 2.05) is 58.0 Å². The Labute approximate surface area is 230 Å². The van der Waals surface area contributed by atoms with Crippen LogP contribution in [0.1, 0.15) is 46.1 Å². The second kappa shape index (κ2) is 13.0. The van der Waals surface area contributed by atoms with Crippen molar-refractivity contribution in [3.8, 4) is 28.7 Å². The molecule has 1 aliphatic rings. The summed E-state index contributed by atoms with van der Waals surface area (Å²) in [5.74, 6) is 3.80. The summed E-state index contributed by atoms with van der Waals surface area (Å²) in [7, 11) is 1.60. The number of ether oxygens (including phenoxy) is 4. The lowest BCUT2D eigenvalue weighted by atomic mass is 10.0. The van der Waals surface area contributed by atoms with E-state index in [0.717, 1.165) is 44.0 Å². The smallest absolute Gasteiger partial charge is 0.207 e. The molecule has 0 radical (unpaired) electrons. The van der Waals surface area contributed by atoms with Gasteiger partial charge in [0.1, 0.15) is 17.8 Å². The van der Waals surface area contributed by atoms with Crippen molar-refractivity contribution in [3.63, 3.8) is 0 Å². The summed E-state index contributed by atoms with van der Waals surface area (Å²) >= 11 is 6.41. The molecule has 9 heteroatoms. The van der Waals surface area contributed by atoms with Crippen LogP contribution in [0.3, 0.4) is 0 Å². The van der Waals surface area contributed by atoms with Gasteiger partial charge in [-0.25, -0.2) is 9.97 Å². The number of methoxy groups -OCH3 is 1. The van der Waals surface area contributed by atoms with E-state index in [-0.39, 0.29) is 23.4 Å². The summed E-state index contributed by atoms with van der Waals surface area (Å²) in [6, 6.07) is 13.8.